The normalized spacial score (nSPS) is 53.3. The van der Waals surface area contributed by atoms with Gasteiger partial charge in [0.05, 0.1) is 24.7 Å². The maximum atomic E-state index is 13.0. The van der Waals surface area contributed by atoms with Crippen molar-refractivity contribution in [1.29, 1.82) is 0 Å². The molecule has 53 heavy (non-hydrogen) atoms. The first-order valence-electron chi connectivity index (χ1n) is 20.2. The Morgan fingerprint density at radius 3 is 2.19 bits per heavy atom. The van der Waals surface area contributed by atoms with E-state index in [0.29, 0.717) is 11.8 Å². The Hall–Kier alpha value is -1.19. The number of hydrogen-bond acceptors (Lipinski definition) is 11. The lowest BCUT2D eigenvalue weighted by atomic mass is 9.33. The highest BCUT2D eigenvalue weighted by atomic mass is 16.7. The molecule has 2 saturated heterocycles. The molecular formula is C41H66O12. The summed E-state index contributed by atoms with van der Waals surface area (Å²) < 4.78 is 23.8. The average molecular weight is 751 g/mol. The Bertz CT molecular complexity index is 1430. The highest BCUT2D eigenvalue weighted by Gasteiger charge is 2.69. The van der Waals surface area contributed by atoms with Crippen LogP contribution in [-0.4, -0.2) is 116 Å². The summed E-state index contributed by atoms with van der Waals surface area (Å²) in [4.78, 5) is 13.0. The molecule has 302 valence electrons. The Kier molecular flexibility index (Phi) is 10.2. The number of rotatable bonds is 6. The molecule has 0 amide bonds. The van der Waals surface area contributed by atoms with Crippen molar-refractivity contribution in [2.24, 2.45) is 50.2 Å². The lowest BCUT2D eigenvalue weighted by Crippen LogP contribution is -2.66. The number of aliphatic hydroxyl groups excluding tert-OH is 6. The van der Waals surface area contributed by atoms with E-state index < -0.39 is 73.3 Å². The molecule has 17 atom stereocenters. The van der Waals surface area contributed by atoms with Gasteiger partial charge in [-0.3, -0.25) is 4.79 Å². The highest BCUT2D eigenvalue weighted by molar-refractivity contribution is 5.76. The van der Waals surface area contributed by atoms with Gasteiger partial charge in [-0.25, -0.2) is 0 Å². The number of hydrogen-bond donors (Lipinski definition) is 7. The number of carbonyl (C=O) groups is 1. The van der Waals surface area contributed by atoms with Gasteiger partial charge in [0.2, 0.25) is 0 Å². The molecular weight excluding hydrogens is 684 g/mol. The first kappa shape index (κ1) is 40.0. The largest absolute Gasteiger partial charge is 0.481 e. The third-order valence-corrected chi connectivity index (χ3v) is 16.9. The number of carboxylic acid groups (broad SMARTS) is 1. The quantitative estimate of drug-likeness (QED) is 0.155. The fourth-order valence-corrected chi connectivity index (χ4v) is 13.4. The number of aliphatic hydroxyl groups is 6. The summed E-state index contributed by atoms with van der Waals surface area (Å²) >= 11 is 0. The van der Waals surface area contributed by atoms with Crippen molar-refractivity contribution in [3.05, 3.63) is 11.6 Å². The van der Waals surface area contributed by atoms with Crippen LogP contribution in [0, 0.1) is 50.2 Å². The van der Waals surface area contributed by atoms with Gasteiger partial charge in [-0.2, -0.15) is 0 Å². The van der Waals surface area contributed by atoms with E-state index in [2.05, 4.69) is 54.5 Å². The van der Waals surface area contributed by atoms with Gasteiger partial charge in [0.15, 0.2) is 12.6 Å². The minimum Gasteiger partial charge on any atom is -0.481 e. The number of ether oxygens (including phenoxy) is 4. The maximum absolute atomic E-state index is 13.0. The fourth-order valence-electron chi connectivity index (χ4n) is 13.4. The fraction of sp³-hybridized carbons (Fsp3) is 0.927. The molecule has 2 aliphatic heterocycles. The highest BCUT2D eigenvalue weighted by Crippen LogP contribution is 2.76. The summed E-state index contributed by atoms with van der Waals surface area (Å²) in [5.74, 6) is 0.186. The molecule has 7 N–H and O–H groups in total. The lowest BCUT2D eigenvalue weighted by Gasteiger charge is -2.71. The molecule has 0 radical (unpaired) electrons. The minimum atomic E-state index is -1.68. The monoisotopic (exact) mass is 750 g/mol. The molecule has 0 bridgehead atoms. The molecule has 0 aromatic rings. The van der Waals surface area contributed by atoms with Crippen LogP contribution < -0.4 is 0 Å². The maximum Gasteiger partial charge on any atom is 0.310 e. The van der Waals surface area contributed by atoms with Crippen molar-refractivity contribution in [2.45, 2.75) is 174 Å². The zero-order valence-electron chi connectivity index (χ0n) is 32.7. The van der Waals surface area contributed by atoms with Crippen molar-refractivity contribution in [1.82, 2.24) is 0 Å². The minimum absolute atomic E-state index is 0.00551. The van der Waals surface area contributed by atoms with Crippen LogP contribution in [0.15, 0.2) is 11.6 Å². The first-order valence-corrected chi connectivity index (χ1v) is 20.2. The van der Waals surface area contributed by atoms with Gasteiger partial charge in [0.1, 0.15) is 42.7 Å². The van der Waals surface area contributed by atoms with Crippen molar-refractivity contribution in [2.75, 3.05) is 13.2 Å². The Morgan fingerprint density at radius 2 is 1.51 bits per heavy atom. The SMILES string of the molecule is CC1(C)CC[C@]2(C(=O)O)CC[C@]3(C)C(=CCC4[C@@]5(C)CC[C@H](O[C@@H]6OC[C@@H](O)C(O[C@@H]7OC(CO)[C@H](O)C(O)C7O)C6O)C(C)(C)C5CC[C@]43C)C2C1. The van der Waals surface area contributed by atoms with E-state index in [9.17, 15) is 40.5 Å². The second-order valence-electron chi connectivity index (χ2n) is 20.2. The second kappa shape index (κ2) is 13.5. The molecule has 0 spiro atoms. The standard InChI is InChI=1S/C41H66O12/c1-36(2)14-16-41(35(48)49)17-15-39(6)21(22(41)18-36)8-9-26-38(5)12-11-27(37(3,4)25(38)10-13-40(26,39)7)52-33-31(47)32(23(43)20-50-33)53-34-30(46)29(45)28(44)24(19-42)51-34/h8,22-34,42-47H,9-20H2,1-7H3,(H,48,49)/t22?,23-,24?,25?,26?,27+,28+,29?,30?,31?,32?,33+,34+,38+,39-,40-,41+/m1/s1. The Morgan fingerprint density at radius 1 is 0.811 bits per heavy atom. The molecule has 8 unspecified atom stereocenters. The van der Waals surface area contributed by atoms with E-state index in [-0.39, 0.29) is 45.7 Å². The average Bonchev–Trinajstić information content (AvgIpc) is 3.08. The van der Waals surface area contributed by atoms with Gasteiger partial charge in [-0.05, 0) is 109 Å². The van der Waals surface area contributed by atoms with Crippen LogP contribution in [0.5, 0.6) is 0 Å². The molecule has 12 nitrogen and oxygen atoms in total. The third-order valence-electron chi connectivity index (χ3n) is 16.9. The van der Waals surface area contributed by atoms with Crippen LogP contribution in [0.25, 0.3) is 0 Å². The van der Waals surface area contributed by atoms with Gasteiger partial charge >= 0.3 is 5.97 Å². The molecule has 5 aliphatic carbocycles. The molecule has 7 rings (SSSR count). The second-order valence-corrected chi connectivity index (χ2v) is 20.2. The summed E-state index contributed by atoms with van der Waals surface area (Å²) in [6, 6.07) is 0. The van der Waals surface area contributed by atoms with Gasteiger partial charge in [-0.1, -0.05) is 60.1 Å². The summed E-state index contributed by atoms with van der Waals surface area (Å²) in [7, 11) is 0. The van der Waals surface area contributed by atoms with E-state index in [1.165, 1.54) is 5.57 Å². The van der Waals surface area contributed by atoms with Crippen molar-refractivity contribution >= 4 is 5.97 Å². The molecule has 0 aromatic carbocycles. The molecule has 4 saturated carbocycles. The molecule has 0 aromatic heterocycles. The van der Waals surface area contributed by atoms with Crippen LogP contribution in [0.1, 0.15) is 113 Å². The Balaban J connectivity index is 1.09. The molecule has 6 fully saturated rings. The van der Waals surface area contributed by atoms with Crippen LogP contribution in [0.4, 0.5) is 0 Å². The van der Waals surface area contributed by atoms with E-state index in [0.717, 1.165) is 64.2 Å². The third kappa shape index (κ3) is 5.94. The lowest BCUT2D eigenvalue weighted by molar-refractivity contribution is -0.357. The van der Waals surface area contributed by atoms with E-state index in [1.54, 1.807) is 0 Å². The van der Waals surface area contributed by atoms with Crippen LogP contribution in [0.3, 0.4) is 0 Å². The van der Waals surface area contributed by atoms with Crippen LogP contribution in [0.2, 0.25) is 0 Å². The number of allylic oxidation sites excluding steroid dienone is 2. The van der Waals surface area contributed by atoms with Gasteiger partial charge in [0.25, 0.3) is 0 Å². The van der Waals surface area contributed by atoms with Gasteiger partial charge in [-0.15, -0.1) is 0 Å². The summed E-state index contributed by atoms with van der Waals surface area (Å²) in [5.41, 5.74) is 0.523. The molecule has 2 heterocycles. The van der Waals surface area contributed by atoms with Crippen molar-refractivity contribution in [3.63, 3.8) is 0 Å². The number of fused-ring (bicyclic) bond motifs is 7. The molecule has 7 aliphatic rings. The van der Waals surface area contributed by atoms with Crippen molar-refractivity contribution < 1.29 is 59.5 Å². The smallest absolute Gasteiger partial charge is 0.310 e. The Labute approximate surface area is 314 Å². The van der Waals surface area contributed by atoms with E-state index in [1.807, 2.05) is 0 Å². The summed E-state index contributed by atoms with van der Waals surface area (Å²) in [6.07, 6.45) is -1.65. The zero-order chi connectivity index (χ0) is 38.7. The topological polar surface area (TPSA) is 196 Å². The van der Waals surface area contributed by atoms with Gasteiger partial charge in [0, 0.05) is 0 Å². The number of carboxylic acids is 1. The molecule has 12 heteroatoms. The summed E-state index contributed by atoms with van der Waals surface area (Å²) in [6.45, 7) is 15.7. The van der Waals surface area contributed by atoms with Crippen LogP contribution >= 0.6 is 0 Å². The predicted molar refractivity (Wildman–Crippen MR) is 192 cm³/mol. The zero-order valence-corrected chi connectivity index (χ0v) is 32.7. The number of aliphatic carboxylic acids is 1. The van der Waals surface area contributed by atoms with E-state index in [4.69, 9.17) is 18.9 Å². The summed E-state index contributed by atoms with van der Waals surface area (Å²) in [5, 5.41) is 73.5. The first-order chi connectivity index (χ1) is 24.7. The predicted octanol–water partition coefficient (Wildman–Crippen LogP) is 3.52. The van der Waals surface area contributed by atoms with Crippen LogP contribution in [-0.2, 0) is 23.7 Å². The van der Waals surface area contributed by atoms with Crippen molar-refractivity contribution in [3.8, 4) is 0 Å². The van der Waals surface area contributed by atoms with E-state index >= 15 is 0 Å². The van der Waals surface area contributed by atoms with Gasteiger partial charge < -0.3 is 54.7 Å².